The van der Waals surface area contributed by atoms with E-state index in [1.165, 1.54) is 11.3 Å². The Labute approximate surface area is 148 Å². The van der Waals surface area contributed by atoms with Gasteiger partial charge in [-0.3, -0.25) is 19.7 Å². The van der Waals surface area contributed by atoms with Gasteiger partial charge < -0.3 is 4.90 Å². The molecule has 2 saturated heterocycles. The minimum atomic E-state index is -0.650. The second-order valence-electron chi connectivity index (χ2n) is 6.53. The average Bonchev–Trinajstić information content (AvgIpc) is 3.32. The Kier molecular flexibility index (Phi) is 3.00. The van der Waals surface area contributed by atoms with E-state index in [4.69, 9.17) is 0 Å². The maximum atomic E-state index is 13.1. The van der Waals surface area contributed by atoms with Crippen LogP contribution in [0.1, 0.15) is 26.8 Å². The molecule has 5 rings (SSSR count). The Balaban J connectivity index is 1.67. The molecule has 1 aromatic carbocycles. The summed E-state index contributed by atoms with van der Waals surface area (Å²) < 4.78 is 0. The number of carbonyl (C=O) groups is 3. The first kappa shape index (κ1) is 14.6. The van der Waals surface area contributed by atoms with Gasteiger partial charge in [-0.25, -0.2) is 0 Å². The molecular weight excluding hydrogens is 336 g/mol. The van der Waals surface area contributed by atoms with Gasteiger partial charge >= 0.3 is 0 Å². The number of carbonyl (C=O) groups excluding carboxylic acids is 3. The summed E-state index contributed by atoms with van der Waals surface area (Å²) in [6.07, 6.45) is 3.81. The minimum Gasteiger partial charge on any atom is -0.358 e. The van der Waals surface area contributed by atoms with Gasteiger partial charge in [-0.2, -0.15) is 0 Å². The number of nitrogens with zero attached hydrogens (tertiary/aromatic N) is 1. The summed E-state index contributed by atoms with van der Waals surface area (Å²) in [4.78, 5) is 40.6. The van der Waals surface area contributed by atoms with Crippen molar-refractivity contribution in [2.75, 3.05) is 0 Å². The van der Waals surface area contributed by atoms with Crippen molar-refractivity contribution in [1.82, 2.24) is 10.2 Å². The van der Waals surface area contributed by atoms with Crippen molar-refractivity contribution in [2.45, 2.75) is 12.1 Å². The van der Waals surface area contributed by atoms with Crippen LogP contribution >= 0.6 is 11.3 Å². The van der Waals surface area contributed by atoms with Crippen molar-refractivity contribution in [1.29, 1.82) is 0 Å². The molecule has 2 fully saturated rings. The van der Waals surface area contributed by atoms with Crippen LogP contribution in [0.5, 0.6) is 0 Å². The monoisotopic (exact) mass is 350 g/mol. The molecule has 4 heterocycles. The summed E-state index contributed by atoms with van der Waals surface area (Å²) in [5, 5.41) is 4.28. The zero-order chi connectivity index (χ0) is 17.1. The molecule has 2 aromatic rings. The third kappa shape index (κ3) is 1.91. The van der Waals surface area contributed by atoms with Gasteiger partial charge in [-0.15, -0.1) is 11.3 Å². The highest BCUT2D eigenvalue weighted by molar-refractivity contribution is 7.12. The van der Waals surface area contributed by atoms with Crippen molar-refractivity contribution < 1.29 is 14.4 Å². The van der Waals surface area contributed by atoms with Gasteiger partial charge in [0.1, 0.15) is 6.04 Å². The molecule has 124 valence electrons. The minimum absolute atomic E-state index is 0.0959. The second kappa shape index (κ2) is 5.13. The SMILES string of the molecule is O=C1NC(=O)[C@@H]2C3c4ccccc4C=CN3[C@H](C(=O)c3cccs3)[C@H]12. The van der Waals surface area contributed by atoms with Crippen LogP contribution in [0.4, 0.5) is 0 Å². The number of thiophene rings is 1. The summed E-state index contributed by atoms with van der Waals surface area (Å²) in [5.74, 6) is -1.90. The van der Waals surface area contributed by atoms with Crippen LogP contribution in [0.15, 0.2) is 48.0 Å². The topological polar surface area (TPSA) is 66.5 Å². The normalized spacial score (nSPS) is 29.2. The molecule has 3 aliphatic rings. The summed E-state index contributed by atoms with van der Waals surface area (Å²) in [6.45, 7) is 0. The van der Waals surface area contributed by atoms with Crippen molar-refractivity contribution >= 4 is 35.0 Å². The predicted octanol–water partition coefficient (Wildman–Crippen LogP) is 2.23. The number of nitrogens with one attached hydrogen (secondary N) is 1. The molecule has 25 heavy (non-hydrogen) atoms. The molecule has 6 heteroatoms. The second-order valence-corrected chi connectivity index (χ2v) is 7.48. The van der Waals surface area contributed by atoms with Gasteiger partial charge in [0.05, 0.1) is 22.8 Å². The van der Waals surface area contributed by atoms with Crippen LogP contribution in [0, 0.1) is 11.8 Å². The van der Waals surface area contributed by atoms with E-state index in [0.29, 0.717) is 4.88 Å². The third-order valence-corrected chi connectivity index (χ3v) is 6.22. The number of fused-ring (bicyclic) bond motifs is 5. The van der Waals surface area contributed by atoms with E-state index >= 15 is 0 Å². The average molecular weight is 350 g/mol. The summed E-state index contributed by atoms with van der Waals surface area (Å²) >= 11 is 1.36. The number of rotatable bonds is 2. The van der Waals surface area contributed by atoms with Crippen LogP contribution in [0.25, 0.3) is 6.08 Å². The van der Waals surface area contributed by atoms with Crippen molar-refractivity contribution in [3.8, 4) is 0 Å². The lowest BCUT2D eigenvalue weighted by molar-refractivity contribution is -0.127. The standard InChI is InChI=1S/C19H14N2O3S/c22-17(12-6-3-9-25-12)16-14-13(18(23)20-19(14)24)15-11-5-2-1-4-10(11)7-8-21(15)16/h1-9,13-16H,(H,20,23,24)/t13-,14+,15?,16-/m0/s1. The first-order valence-electron chi connectivity index (χ1n) is 8.14. The maximum Gasteiger partial charge on any atom is 0.233 e. The molecule has 0 spiro atoms. The van der Waals surface area contributed by atoms with Gasteiger partial charge in [0.15, 0.2) is 5.78 Å². The molecule has 4 atom stereocenters. The number of amides is 2. The highest BCUT2D eigenvalue weighted by atomic mass is 32.1. The zero-order valence-electron chi connectivity index (χ0n) is 13.1. The molecule has 0 radical (unpaired) electrons. The fraction of sp³-hybridized carbons (Fsp3) is 0.211. The van der Waals surface area contributed by atoms with Gasteiger partial charge in [0, 0.05) is 6.20 Å². The molecule has 0 bridgehead atoms. The number of benzene rings is 1. The van der Waals surface area contributed by atoms with E-state index in [1.807, 2.05) is 52.9 Å². The number of hydrogen-bond acceptors (Lipinski definition) is 5. The molecule has 0 saturated carbocycles. The third-order valence-electron chi connectivity index (χ3n) is 5.34. The Morgan fingerprint density at radius 2 is 1.84 bits per heavy atom. The van der Waals surface area contributed by atoms with Crippen molar-refractivity contribution in [2.24, 2.45) is 11.8 Å². The molecule has 1 aromatic heterocycles. The van der Waals surface area contributed by atoms with E-state index in [0.717, 1.165) is 11.1 Å². The summed E-state index contributed by atoms with van der Waals surface area (Å²) in [5.41, 5.74) is 2.02. The smallest absolute Gasteiger partial charge is 0.233 e. The van der Waals surface area contributed by atoms with Crippen molar-refractivity contribution in [3.05, 3.63) is 64.0 Å². The summed E-state index contributed by atoms with van der Waals surface area (Å²) in [6, 6.07) is 10.5. The molecule has 1 unspecified atom stereocenters. The van der Waals surface area contributed by atoms with E-state index in [2.05, 4.69) is 5.32 Å². The van der Waals surface area contributed by atoms with Gasteiger partial charge in [0.2, 0.25) is 11.8 Å². The number of ketones is 1. The van der Waals surface area contributed by atoms with Gasteiger partial charge in [0.25, 0.3) is 0 Å². The van der Waals surface area contributed by atoms with E-state index in [1.54, 1.807) is 6.07 Å². The van der Waals surface area contributed by atoms with Crippen molar-refractivity contribution in [3.63, 3.8) is 0 Å². The van der Waals surface area contributed by atoms with Crippen LogP contribution < -0.4 is 5.32 Å². The highest BCUT2D eigenvalue weighted by Gasteiger charge is 2.61. The van der Waals surface area contributed by atoms with E-state index < -0.39 is 17.9 Å². The van der Waals surface area contributed by atoms with Crippen LogP contribution in [-0.2, 0) is 9.59 Å². The Bertz CT molecular complexity index is 934. The quantitative estimate of drug-likeness (QED) is 0.666. The largest absolute Gasteiger partial charge is 0.358 e. The fourth-order valence-electron chi connectivity index (χ4n) is 4.34. The first-order valence-corrected chi connectivity index (χ1v) is 9.02. The van der Waals surface area contributed by atoms with E-state index in [9.17, 15) is 14.4 Å². The predicted molar refractivity (Wildman–Crippen MR) is 92.6 cm³/mol. The molecule has 2 amide bonds. The summed E-state index contributed by atoms with van der Waals surface area (Å²) in [7, 11) is 0. The van der Waals surface area contributed by atoms with Gasteiger partial charge in [-0.1, -0.05) is 30.3 Å². The Morgan fingerprint density at radius 1 is 1.04 bits per heavy atom. The van der Waals surface area contributed by atoms with Crippen LogP contribution in [0.3, 0.4) is 0 Å². The lowest BCUT2D eigenvalue weighted by atomic mass is 9.84. The molecule has 3 aliphatic heterocycles. The highest BCUT2D eigenvalue weighted by Crippen LogP contribution is 2.51. The maximum absolute atomic E-state index is 13.1. The van der Waals surface area contributed by atoms with Gasteiger partial charge in [-0.05, 0) is 28.6 Å². The van der Waals surface area contributed by atoms with Crippen LogP contribution in [0.2, 0.25) is 0 Å². The molecule has 1 N–H and O–H groups in total. The zero-order valence-corrected chi connectivity index (χ0v) is 13.9. The lowest BCUT2D eigenvalue weighted by Gasteiger charge is -2.34. The number of hydrogen-bond donors (Lipinski definition) is 1. The van der Waals surface area contributed by atoms with Crippen LogP contribution in [-0.4, -0.2) is 28.5 Å². The molecule has 5 nitrogen and oxygen atoms in total. The Hall–Kier alpha value is -2.73. The lowest BCUT2D eigenvalue weighted by Crippen LogP contribution is -2.42. The molecule has 0 aliphatic carbocycles. The molecular formula is C19H14N2O3S. The fourth-order valence-corrected chi connectivity index (χ4v) is 5.04. The number of Topliss-reactive ketones (excluding diaryl/α,β-unsaturated/α-hetero) is 1. The number of imide groups is 1. The Morgan fingerprint density at radius 3 is 2.64 bits per heavy atom. The van der Waals surface area contributed by atoms with E-state index in [-0.39, 0.29) is 23.6 Å². The first-order chi connectivity index (χ1) is 12.2.